The quantitative estimate of drug-likeness (QED) is 0.749. The summed E-state index contributed by atoms with van der Waals surface area (Å²) in [7, 11) is 0. The van der Waals surface area contributed by atoms with Gasteiger partial charge in [0.1, 0.15) is 0 Å². The van der Waals surface area contributed by atoms with E-state index in [2.05, 4.69) is 10.6 Å². The van der Waals surface area contributed by atoms with E-state index in [0.717, 1.165) is 6.42 Å². The third-order valence-electron chi connectivity index (χ3n) is 2.60. The molecule has 1 aromatic carbocycles. The highest BCUT2D eigenvalue weighted by Gasteiger charge is 2.10. The summed E-state index contributed by atoms with van der Waals surface area (Å²) in [6, 6.07) is 6.64. The van der Waals surface area contributed by atoms with Crippen molar-refractivity contribution >= 4 is 17.7 Å². The van der Waals surface area contributed by atoms with E-state index in [-0.39, 0.29) is 18.5 Å². The Kier molecular flexibility index (Phi) is 5.17. The van der Waals surface area contributed by atoms with Crippen molar-refractivity contribution in [2.45, 2.75) is 32.7 Å². The molecule has 98 valence electrons. The number of urea groups is 1. The fraction of sp³-hybridized carbons (Fsp3) is 0.385. The Hall–Kier alpha value is -2.04. The van der Waals surface area contributed by atoms with Crippen molar-refractivity contribution in [1.82, 2.24) is 5.32 Å². The number of benzene rings is 1. The molecule has 5 heteroatoms. The molecular weight excluding hydrogens is 232 g/mol. The van der Waals surface area contributed by atoms with Gasteiger partial charge in [-0.25, -0.2) is 4.79 Å². The number of rotatable bonds is 5. The average Bonchev–Trinajstić information content (AvgIpc) is 2.30. The Morgan fingerprint density at radius 3 is 2.61 bits per heavy atom. The number of nitrogens with one attached hydrogen (secondary N) is 2. The van der Waals surface area contributed by atoms with E-state index < -0.39 is 5.97 Å². The zero-order valence-electron chi connectivity index (χ0n) is 10.6. The van der Waals surface area contributed by atoms with Gasteiger partial charge >= 0.3 is 12.0 Å². The van der Waals surface area contributed by atoms with Crippen LogP contribution in [0.4, 0.5) is 10.5 Å². The summed E-state index contributed by atoms with van der Waals surface area (Å²) in [5.41, 5.74) is 1.12. The summed E-state index contributed by atoms with van der Waals surface area (Å²) in [6.07, 6.45) is 0.726. The molecule has 0 aliphatic rings. The third kappa shape index (κ3) is 4.45. The van der Waals surface area contributed by atoms with Gasteiger partial charge in [0.05, 0.1) is 6.42 Å². The fourth-order valence-corrected chi connectivity index (χ4v) is 1.44. The van der Waals surface area contributed by atoms with E-state index in [1.165, 1.54) is 0 Å². The lowest BCUT2D eigenvalue weighted by molar-refractivity contribution is -0.136. The Labute approximate surface area is 106 Å². The second-order valence-electron chi connectivity index (χ2n) is 4.14. The fourth-order valence-electron chi connectivity index (χ4n) is 1.44. The molecule has 1 rings (SSSR count). The van der Waals surface area contributed by atoms with Crippen molar-refractivity contribution in [2.24, 2.45) is 0 Å². The summed E-state index contributed by atoms with van der Waals surface area (Å²) < 4.78 is 0. The predicted octanol–water partition coefficient (Wildman–Crippen LogP) is 2.23. The largest absolute Gasteiger partial charge is 0.481 e. The van der Waals surface area contributed by atoms with Crippen LogP contribution in [-0.2, 0) is 11.2 Å². The molecule has 1 unspecified atom stereocenters. The minimum atomic E-state index is -0.924. The molecule has 0 spiro atoms. The van der Waals surface area contributed by atoms with Gasteiger partial charge in [0, 0.05) is 11.7 Å². The Morgan fingerprint density at radius 1 is 1.33 bits per heavy atom. The highest BCUT2D eigenvalue weighted by Crippen LogP contribution is 2.15. The maximum absolute atomic E-state index is 11.7. The first-order valence-electron chi connectivity index (χ1n) is 5.90. The van der Waals surface area contributed by atoms with Gasteiger partial charge in [0.2, 0.25) is 0 Å². The van der Waals surface area contributed by atoms with Crippen molar-refractivity contribution in [3.05, 3.63) is 29.8 Å². The molecule has 0 saturated heterocycles. The van der Waals surface area contributed by atoms with Crippen LogP contribution in [0.1, 0.15) is 25.8 Å². The third-order valence-corrected chi connectivity index (χ3v) is 2.60. The van der Waals surface area contributed by atoms with Crippen LogP contribution in [0, 0.1) is 0 Å². The molecule has 1 aromatic rings. The number of anilines is 1. The Balaban J connectivity index is 2.71. The summed E-state index contributed by atoms with van der Waals surface area (Å²) in [5, 5.41) is 14.2. The van der Waals surface area contributed by atoms with Crippen molar-refractivity contribution in [3.8, 4) is 0 Å². The molecule has 2 amide bonds. The topological polar surface area (TPSA) is 78.4 Å². The van der Waals surface area contributed by atoms with Gasteiger partial charge in [0.15, 0.2) is 0 Å². The highest BCUT2D eigenvalue weighted by molar-refractivity contribution is 5.91. The van der Waals surface area contributed by atoms with E-state index in [1.54, 1.807) is 24.3 Å². The normalized spacial score (nSPS) is 11.7. The second-order valence-corrected chi connectivity index (χ2v) is 4.14. The molecule has 0 aliphatic carbocycles. The van der Waals surface area contributed by atoms with Crippen LogP contribution in [-0.4, -0.2) is 23.1 Å². The lowest BCUT2D eigenvalue weighted by atomic mass is 10.1. The first kappa shape index (κ1) is 14.0. The molecule has 0 bridgehead atoms. The van der Waals surface area contributed by atoms with E-state index in [9.17, 15) is 9.59 Å². The first-order valence-corrected chi connectivity index (χ1v) is 5.90. The van der Waals surface area contributed by atoms with Crippen LogP contribution >= 0.6 is 0 Å². The van der Waals surface area contributed by atoms with E-state index in [1.807, 2.05) is 13.8 Å². The maximum atomic E-state index is 11.7. The molecular formula is C13H18N2O3. The highest BCUT2D eigenvalue weighted by atomic mass is 16.4. The zero-order chi connectivity index (χ0) is 13.5. The number of carboxylic acid groups (broad SMARTS) is 1. The zero-order valence-corrected chi connectivity index (χ0v) is 10.6. The molecule has 3 N–H and O–H groups in total. The molecule has 0 saturated carbocycles. The summed E-state index contributed by atoms with van der Waals surface area (Å²) in [6.45, 7) is 3.88. The molecule has 0 aliphatic heterocycles. The smallest absolute Gasteiger partial charge is 0.319 e. The number of aliphatic carboxylic acids is 1. The summed E-state index contributed by atoms with van der Waals surface area (Å²) in [5.74, 6) is -0.924. The lowest BCUT2D eigenvalue weighted by Gasteiger charge is -2.14. The van der Waals surface area contributed by atoms with Crippen molar-refractivity contribution in [1.29, 1.82) is 0 Å². The lowest BCUT2D eigenvalue weighted by Crippen LogP contribution is -2.35. The monoisotopic (exact) mass is 250 g/mol. The molecule has 0 aromatic heterocycles. The van der Waals surface area contributed by atoms with Crippen LogP contribution in [0.25, 0.3) is 0 Å². The number of para-hydroxylation sites is 1. The SMILES string of the molecule is CCC(C)NC(=O)Nc1ccccc1CC(=O)O. The molecule has 1 atom stereocenters. The summed E-state index contributed by atoms with van der Waals surface area (Å²) in [4.78, 5) is 22.4. The molecule has 0 heterocycles. The van der Waals surface area contributed by atoms with Gasteiger partial charge < -0.3 is 15.7 Å². The van der Waals surface area contributed by atoms with Crippen LogP contribution in [0.5, 0.6) is 0 Å². The van der Waals surface area contributed by atoms with Crippen molar-refractivity contribution in [2.75, 3.05) is 5.32 Å². The van der Waals surface area contributed by atoms with E-state index >= 15 is 0 Å². The van der Waals surface area contributed by atoms with Gasteiger partial charge in [-0.1, -0.05) is 25.1 Å². The van der Waals surface area contributed by atoms with Gasteiger partial charge in [-0.3, -0.25) is 4.79 Å². The number of hydrogen-bond donors (Lipinski definition) is 3. The Morgan fingerprint density at radius 2 is 2.00 bits per heavy atom. The van der Waals surface area contributed by atoms with E-state index in [0.29, 0.717) is 11.3 Å². The Bertz CT molecular complexity index is 432. The standard InChI is InChI=1S/C13H18N2O3/c1-3-9(2)14-13(18)15-11-7-5-4-6-10(11)8-12(16)17/h4-7,9H,3,8H2,1-2H3,(H,16,17)(H2,14,15,18). The summed E-state index contributed by atoms with van der Waals surface area (Å²) >= 11 is 0. The van der Waals surface area contributed by atoms with Crippen LogP contribution in [0.3, 0.4) is 0 Å². The van der Waals surface area contributed by atoms with Gasteiger partial charge in [-0.05, 0) is 25.0 Å². The van der Waals surface area contributed by atoms with Gasteiger partial charge in [-0.15, -0.1) is 0 Å². The number of carboxylic acids is 1. The second kappa shape index (κ2) is 6.64. The van der Waals surface area contributed by atoms with Crippen LogP contribution < -0.4 is 10.6 Å². The number of amides is 2. The molecule has 0 fully saturated rings. The molecule has 18 heavy (non-hydrogen) atoms. The number of carbonyl (C=O) groups is 2. The predicted molar refractivity (Wildman–Crippen MR) is 69.7 cm³/mol. The molecule has 0 radical (unpaired) electrons. The number of hydrogen-bond acceptors (Lipinski definition) is 2. The molecule has 5 nitrogen and oxygen atoms in total. The maximum Gasteiger partial charge on any atom is 0.319 e. The van der Waals surface area contributed by atoms with Gasteiger partial charge in [-0.2, -0.15) is 0 Å². The van der Waals surface area contributed by atoms with Crippen molar-refractivity contribution < 1.29 is 14.7 Å². The first-order chi connectivity index (χ1) is 8.52. The van der Waals surface area contributed by atoms with Crippen molar-refractivity contribution in [3.63, 3.8) is 0 Å². The van der Waals surface area contributed by atoms with Gasteiger partial charge in [0.25, 0.3) is 0 Å². The number of carbonyl (C=O) groups excluding carboxylic acids is 1. The van der Waals surface area contributed by atoms with Crippen LogP contribution in [0.15, 0.2) is 24.3 Å². The minimum Gasteiger partial charge on any atom is -0.481 e. The average molecular weight is 250 g/mol. The van der Waals surface area contributed by atoms with E-state index in [4.69, 9.17) is 5.11 Å². The minimum absolute atomic E-state index is 0.0802. The van der Waals surface area contributed by atoms with Crippen LogP contribution in [0.2, 0.25) is 0 Å².